The Balaban J connectivity index is 3.72. The Labute approximate surface area is 89.1 Å². The second-order valence-electron chi connectivity index (χ2n) is 3.28. The minimum Gasteiger partial charge on any atom is -0.481 e. The lowest BCUT2D eigenvalue weighted by Gasteiger charge is -2.12. The summed E-state index contributed by atoms with van der Waals surface area (Å²) >= 11 is 0. The lowest BCUT2D eigenvalue weighted by atomic mass is 10.1. The molecule has 0 aromatic heterocycles. The zero-order valence-corrected chi connectivity index (χ0v) is 8.82. The van der Waals surface area contributed by atoms with E-state index in [1.807, 2.05) is 13.0 Å². The first kappa shape index (κ1) is 13.4. The van der Waals surface area contributed by atoms with Gasteiger partial charge in [-0.05, 0) is 12.8 Å². The van der Waals surface area contributed by atoms with E-state index in [1.54, 1.807) is 0 Å². The molecule has 0 spiro atoms. The number of carbonyl (C=O) groups excluding carboxylic acids is 1. The highest BCUT2D eigenvalue weighted by Gasteiger charge is 2.09. The van der Waals surface area contributed by atoms with E-state index < -0.39 is 5.97 Å². The van der Waals surface area contributed by atoms with Crippen LogP contribution < -0.4 is 5.32 Å². The third kappa shape index (κ3) is 7.50. The predicted octanol–water partition coefficient (Wildman–Crippen LogP) is 1.05. The van der Waals surface area contributed by atoms with Crippen LogP contribution >= 0.6 is 0 Å². The van der Waals surface area contributed by atoms with E-state index in [0.29, 0.717) is 19.3 Å². The molecule has 0 heterocycles. The molecule has 2 N–H and O–H groups in total. The van der Waals surface area contributed by atoms with Crippen LogP contribution in [-0.4, -0.2) is 23.0 Å². The van der Waals surface area contributed by atoms with Crippen molar-refractivity contribution in [2.24, 2.45) is 0 Å². The molecule has 1 amide bonds. The van der Waals surface area contributed by atoms with Crippen molar-refractivity contribution in [1.29, 1.82) is 5.26 Å². The van der Waals surface area contributed by atoms with Gasteiger partial charge in [-0.2, -0.15) is 5.26 Å². The molecule has 0 aliphatic carbocycles. The summed E-state index contributed by atoms with van der Waals surface area (Å²) in [5.41, 5.74) is 0. The minimum atomic E-state index is -0.896. The number of hydrogen-bond donors (Lipinski definition) is 2. The van der Waals surface area contributed by atoms with Crippen molar-refractivity contribution >= 4 is 11.9 Å². The fourth-order valence-electron chi connectivity index (χ4n) is 1.11. The number of aliphatic carboxylic acids is 1. The highest BCUT2D eigenvalue weighted by atomic mass is 16.4. The summed E-state index contributed by atoms with van der Waals surface area (Å²) in [6.07, 6.45) is 1.54. The third-order valence-electron chi connectivity index (χ3n) is 1.99. The molecule has 1 atom stereocenters. The van der Waals surface area contributed by atoms with Crippen LogP contribution in [0.5, 0.6) is 0 Å². The number of carbonyl (C=O) groups is 2. The number of amides is 1. The first-order chi connectivity index (χ1) is 7.10. The molecule has 1 unspecified atom stereocenters. The standard InChI is InChI=1S/C10H16N2O3/c1-2-8(6-7-11)12-9(13)4-3-5-10(14)15/h8H,2-6H2,1H3,(H,12,13)(H,14,15). The quantitative estimate of drug-likeness (QED) is 0.660. The Morgan fingerprint density at radius 1 is 1.47 bits per heavy atom. The van der Waals surface area contributed by atoms with Crippen LogP contribution in [0.25, 0.3) is 0 Å². The maximum Gasteiger partial charge on any atom is 0.303 e. The normalized spacial score (nSPS) is 11.5. The molecular weight excluding hydrogens is 196 g/mol. The zero-order chi connectivity index (χ0) is 11.7. The topological polar surface area (TPSA) is 90.2 Å². The molecule has 0 aliphatic heterocycles. The van der Waals surface area contributed by atoms with Crippen LogP contribution in [0.15, 0.2) is 0 Å². The van der Waals surface area contributed by atoms with Crippen molar-refractivity contribution in [1.82, 2.24) is 5.32 Å². The molecule has 0 aromatic rings. The van der Waals surface area contributed by atoms with Gasteiger partial charge in [-0.3, -0.25) is 9.59 Å². The molecule has 15 heavy (non-hydrogen) atoms. The molecule has 0 fully saturated rings. The van der Waals surface area contributed by atoms with Crippen LogP contribution in [0.3, 0.4) is 0 Å². The molecule has 0 aromatic carbocycles. The van der Waals surface area contributed by atoms with Gasteiger partial charge >= 0.3 is 5.97 Å². The van der Waals surface area contributed by atoms with Gasteiger partial charge in [0, 0.05) is 18.9 Å². The highest BCUT2D eigenvalue weighted by molar-refractivity contribution is 5.77. The lowest BCUT2D eigenvalue weighted by Crippen LogP contribution is -2.33. The second-order valence-corrected chi connectivity index (χ2v) is 3.28. The summed E-state index contributed by atoms with van der Waals surface area (Å²) in [6.45, 7) is 1.89. The van der Waals surface area contributed by atoms with Crippen LogP contribution in [-0.2, 0) is 9.59 Å². The summed E-state index contributed by atoms with van der Waals surface area (Å²) in [5, 5.41) is 19.5. The Bertz CT molecular complexity index is 258. The van der Waals surface area contributed by atoms with Gasteiger partial charge in [0.2, 0.25) is 5.91 Å². The number of nitriles is 1. The minimum absolute atomic E-state index is 0.00244. The van der Waals surface area contributed by atoms with Crippen molar-refractivity contribution in [3.8, 4) is 6.07 Å². The molecular formula is C10H16N2O3. The number of hydrogen-bond acceptors (Lipinski definition) is 3. The summed E-state index contributed by atoms with van der Waals surface area (Å²) < 4.78 is 0. The maximum absolute atomic E-state index is 11.3. The summed E-state index contributed by atoms with van der Waals surface area (Å²) in [7, 11) is 0. The summed E-state index contributed by atoms with van der Waals surface area (Å²) in [6, 6.07) is 1.87. The number of nitrogens with zero attached hydrogens (tertiary/aromatic N) is 1. The fraction of sp³-hybridized carbons (Fsp3) is 0.700. The monoisotopic (exact) mass is 212 g/mol. The van der Waals surface area contributed by atoms with Gasteiger partial charge in [-0.1, -0.05) is 6.92 Å². The number of carboxylic acids is 1. The predicted molar refractivity (Wildman–Crippen MR) is 53.9 cm³/mol. The first-order valence-corrected chi connectivity index (χ1v) is 4.98. The van der Waals surface area contributed by atoms with Gasteiger partial charge in [-0.15, -0.1) is 0 Å². The highest BCUT2D eigenvalue weighted by Crippen LogP contribution is 2.00. The van der Waals surface area contributed by atoms with E-state index in [0.717, 1.165) is 0 Å². The van der Waals surface area contributed by atoms with Crippen molar-refractivity contribution in [3.05, 3.63) is 0 Å². The number of carboxylic acid groups (broad SMARTS) is 1. The Kier molecular flexibility index (Phi) is 6.98. The van der Waals surface area contributed by atoms with Crippen LogP contribution in [0.1, 0.15) is 39.0 Å². The average Bonchev–Trinajstić information content (AvgIpc) is 2.16. The van der Waals surface area contributed by atoms with Gasteiger partial charge in [-0.25, -0.2) is 0 Å². The molecule has 0 rings (SSSR count). The second kappa shape index (κ2) is 7.80. The summed E-state index contributed by atoms with van der Waals surface area (Å²) in [4.78, 5) is 21.4. The molecule has 0 aliphatic rings. The van der Waals surface area contributed by atoms with Crippen LogP contribution in [0.2, 0.25) is 0 Å². The molecule has 0 saturated heterocycles. The Morgan fingerprint density at radius 3 is 2.60 bits per heavy atom. The van der Waals surface area contributed by atoms with Gasteiger partial charge in [0.15, 0.2) is 0 Å². The molecule has 5 nitrogen and oxygen atoms in total. The Hall–Kier alpha value is -1.57. The van der Waals surface area contributed by atoms with E-state index >= 15 is 0 Å². The van der Waals surface area contributed by atoms with Gasteiger partial charge in [0.05, 0.1) is 12.5 Å². The maximum atomic E-state index is 11.3. The van der Waals surface area contributed by atoms with Crippen LogP contribution in [0, 0.1) is 11.3 Å². The SMILES string of the molecule is CCC(CC#N)NC(=O)CCCC(=O)O. The molecule has 0 radical (unpaired) electrons. The zero-order valence-electron chi connectivity index (χ0n) is 8.82. The Morgan fingerprint density at radius 2 is 2.13 bits per heavy atom. The van der Waals surface area contributed by atoms with Crippen molar-refractivity contribution in [3.63, 3.8) is 0 Å². The number of nitrogens with one attached hydrogen (secondary N) is 1. The summed E-state index contributed by atoms with van der Waals surface area (Å²) in [5.74, 6) is -1.08. The van der Waals surface area contributed by atoms with E-state index in [4.69, 9.17) is 10.4 Å². The van der Waals surface area contributed by atoms with Crippen LogP contribution in [0.4, 0.5) is 0 Å². The van der Waals surface area contributed by atoms with Crippen molar-refractivity contribution < 1.29 is 14.7 Å². The largest absolute Gasteiger partial charge is 0.481 e. The van der Waals surface area contributed by atoms with E-state index in [9.17, 15) is 9.59 Å². The lowest BCUT2D eigenvalue weighted by molar-refractivity contribution is -0.137. The molecule has 0 bridgehead atoms. The van der Waals surface area contributed by atoms with Gasteiger partial charge < -0.3 is 10.4 Å². The van der Waals surface area contributed by atoms with Gasteiger partial charge in [0.25, 0.3) is 0 Å². The van der Waals surface area contributed by atoms with Gasteiger partial charge in [0.1, 0.15) is 0 Å². The number of rotatable bonds is 7. The van der Waals surface area contributed by atoms with Crippen molar-refractivity contribution in [2.75, 3.05) is 0 Å². The smallest absolute Gasteiger partial charge is 0.303 e. The molecule has 5 heteroatoms. The molecule has 84 valence electrons. The first-order valence-electron chi connectivity index (χ1n) is 4.98. The van der Waals surface area contributed by atoms with E-state index in [2.05, 4.69) is 5.32 Å². The van der Waals surface area contributed by atoms with Crippen molar-refractivity contribution in [2.45, 2.75) is 45.1 Å². The van der Waals surface area contributed by atoms with E-state index in [1.165, 1.54) is 0 Å². The third-order valence-corrected chi connectivity index (χ3v) is 1.99. The average molecular weight is 212 g/mol. The fourth-order valence-corrected chi connectivity index (χ4v) is 1.11. The molecule has 0 saturated carbocycles. The van der Waals surface area contributed by atoms with E-state index in [-0.39, 0.29) is 24.8 Å².